The molecule has 0 radical (unpaired) electrons. The number of amides is 1. The molecule has 6 nitrogen and oxygen atoms in total. The minimum absolute atomic E-state index is 0.0306. The van der Waals surface area contributed by atoms with Crippen LogP contribution >= 0.6 is 0 Å². The van der Waals surface area contributed by atoms with Crippen molar-refractivity contribution in [2.24, 2.45) is 0 Å². The molecule has 1 fully saturated rings. The molecule has 132 valence electrons. The Morgan fingerprint density at radius 2 is 2.25 bits per heavy atom. The molecule has 1 aliphatic heterocycles. The Hall–Kier alpha value is -1.66. The number of fused-ring (bicyclic) bond motifs is 1. The molecular weight excluding hydrogens is 306 g/mol. The van der Waals surface area contributed by atoms with E-state index in [4.69, 9.17) is 4.74 Å². The van der Waals surface area contributed by atoms with E-state index >= 15 is 0 Å². The number of aromatic nitrogens is 1. The highest BCUT2D eigenvalue weighted by Gasteiger charge is 2.38. The molecule has 1 saturated heterocycles. The SMILES string of the molecule is CC(C)(C)OC(=O)N[C@@H]1CCCN([C@H]2c3cccnc3C[C@@H]2O)C1. The van der Waals surface area contributed by atoms with Crippen LogP contribution in [-0.2, 0) is 11.2 Å². The molecule has 0 aromatic carbocycles. The zero-order valence-corrected chi connectivity index (χ0v) is 14.7. The van der Waals surface area contributed by atoms with Gasteiger partial charge in [0.25, 0.3) is 0 Å². The molecule has 1 aromatic rings. The average molecular weight is 333 g/mol. The Balaban J connectivity index is 1.65. The van der Waals surface area contributed by atoms with Crippen LogP contribution in [0.4, 0.5) is 4.79 Å². The van der Waals surface area contributed by atoms with E-state index in [9.17, 15) is 9.90 Å². The van der Waals surface area contributed by atoms with Gasteiger partial charge in [0.15, 0.2) is 0 Å². The van der Waals surface area contributed by atoms with E-state index in [1.54, 1.807) is 6.20 Å². The number of alkyl carbamates (subject to hydrolysis) is 1. The molecule has 2 heterocycles. The Bertz CT molecular complexity index is 599. The molecule has 1 amide bonds. The molecular formula is C18H27N3O3. The fourth-order valence-corrected chi connectivity index (χ4v) is 3.70. The first-order valence-electron chi connectivity index (χ1n) is 8.69. The highest BCUT2D eigenvalue weighted by Crippen LogP contribution is 2.36. The van der Waals surface area contributed by atoms with Crippen LogP contribution in [0.5, 0.6) is 0 Å². The number of nitrogens with zero attached hydrogens (tertiary/aromatic N) is 2. The molecule has 3 rings (SSSR count). The summed E-state index contributed by atoms with van der Waals surface area (Å²) in [4.78, 5) is 18.7. The Morgan fingerprint density at radius 3 is 3.00 bits per heavy atom. The standard InChI is InChI=1S/C18H27N3O3/c1-18(2,3)24-17(23)20-12-6-5-9-21(11-12)16-13-7-4-8-19-14(13)10-15(16)22/h4,7-8,12,15-16,22H,5-6,9-11H2,1-3H3,(H,20,23)/t12-,15+,16+/m1/s1. The van der Waals surface area contributed by atoms with Crippen molar-refractivity contribution in [3.63, 3.8) is 0 Å². The van der Waals surface area contributed by atoms with E-state index in [2.05, 4.69) is 15.2 Å². The zero-order valence-electron chi connectivity index (χ0n) is 14.7. The highest BCUT2D eigenvalue weighted by atomic mass is 16.6. The van der Waals surface area contributed by atoms with Crippen molar-refractivity contribution in [1.82, 2.24) is 15.2 Å². The third-order valence-electron chi connectivity index (χ3n) is 4.58. The predicted octanol–water partition coefficient (Wildman–Crippen LogP) is 2.03. The second-order valence-electron chi connectivity index (χ2n) is 7.74. The first-order valence-corrected chi connectivity index (χ1v) is 8.69. The summed E-state index contributed by atoms with van der Waals surface area (Å²) in [6.45, 7) is 7.22. The molecule has 2 N–H and O–H groups in total. The number of aliphatic hydroxyl groups is 1. The van der Waals surface area contributed by atoms with Gasteiger partial charge in [0.1, 0.15) is 5.60 Å². The molecule has 1 aliphatic carbocycles. The van der Waals surface area contributed by atoms with E-state index in [0.717, 1.165) is 37.2 Å². The van der Waals surface area contributed by atoms with Crippen LogP contribution < -0.4 is 5.32 Å². The number of pyridine rings is 1. The Kier molecular flexibility index (Phi) is 4.78. The molecule has 0 spiro atoms. The van der Waals surface area contributed by atoms with E-state index in [1.807, 2.05) is 32.9 Å². The molecule has 3 atom stereocenters. The summed E-state index contributed by atoms with van der Waals surface area (Å²) in [7, 11) is 0. The van der Waals surface area contributed by atoms with Crippen molar-refractivity contribution < 1.29 is 14.6 Å². The lowest BCUT2D eigenvalue weighted by Crippen LogP contribution is -2.50. The second-order valence-corrected chi connectivity index (χ2v) is 7.74. The van der Waals surface area contributed by atoms with E-state index < -0.39 is 11.7 Å². The summed E-state index contributed by atoms with van der Waals surface area (Å²) >= 11 is 0. The van der Waals surface area contributed by atoms with Crippen molar-refractivity contribution >= 4 is 6.09 Å². The Labute approximate surface area is 143 Å². The topological polar surface area (TPSA) is 74.7 Å². The largest absolute Gasteiger partial charge is 0.444 e. The number of nitrogens with one attached hydrogen (secondary N) is 1. The third kappa shape index (κ3) is 3.87. The van der Waals surface area contributed by atoms with Crippen LogP contribution in [0.2, 0.25) is 0 Å². The minimum Gasteiger partial charge on any atom is -0.444 e. The monoisotopic (exact) mass is 333 g/mol. The van der Waals surface area contributed by atoms with E-state index in [-0.39, 0.29) is 18.2 Å². The molecule has 0 unspecified atom stereocenters. The fourth-order valence-electron chi connectivity index (χ4n) is 3.70. The van der Waals surface area contributed by atoms with Crippen LogP contribution in [0.25, 0.3) is 0 Å². The molecule has 24 heavy (non-hydrogen) atoms. The van der Waals surface area contributed by atoms with Gasteiger partial charge in [-0.3, -0.25) is 9.88 Å². The van der Waals surface area contributed by atoms with Gasteiger partial charge in [-0.15, -0.1) is 0 Å². The molecule has 6 heteroatoms. The van der Waals surface area contributed by atoms with E-state index in [0.29, 0.717) is 6.42 Å². The third-order valence-corrected chi connectivity index (χ3v) is 4.58. The van der Waals surface area contributed by atoms with Crippen molar-refractivity contribution in [3.8, 4) is 0 Å². The van der Waals surface area contributed by atoms with Crippen LogP contribution in [-0.4, -0.2) is 51.9 Å². The van der Waals surface area contributed by atoms with Gasteiger partial charge in [0, 0.05) is 30.9 Å². The lowest BCUT2D eigenvalue weighted by Gasteiger charge is -2.38. The summed E-state index contributed by atoms with van der Waals surface area (Å²) < 4.78 is 5.35. The maximum atomic E-state index is 12.0. The normalized spacial score (nSPS) is 27.6. The maximum absolute atomic E-state index is 12.0. The van der Waals surface area contributed by atoms with Crippen molar-refractivity contribution in [3.05, 3.63) is 29.6 Å². The van der Waals surface area contributed by atoms with Crippen LogP contribution in [0.3, 0.4) is 0 Å². The fraction of sp³-hybridized carbons (Fsp3) is 0.667. The van der Waals surface area contributed by atoms with Gasteiger partial charge in [0.2, 0.25) is 0 Å². The number of hydrogen-bond donors (Lipinski definition) is 2. The highest BCUT2D eigenvalue weighted by molar-refractivity contribution is 5.68. The number of piperidine rings is 1. The number of carbonyl (C=O) groups is 1. The first-order chi connectivity index (χ1) is 11.3. The quantitative estimate of drug-likeness (QED) is 0.866. The summed E-state index contributed by atoms with van der Waals surface area (Å²) in [5.41, 5.74) is 1.60. The second kappa shape index (κ2) is 6.69. The van der Waals surface area contributed by atoms with Gasteiger partial charge in [-0.1, -0.05) is 6.07 Å². The molecule has 0 saturated carbocycles. The summed E-state index contributed by atoms with van der Waals surface area (Å²) in [5, 5.41) is 13.5. The van der Waals surface area contributed by atoms with Gasteiger partial charge in [-0.05, 0) is 51.8 Å². The average Bonchev–Trinajstić information content (AvgIpc) is 2.81. The lowest BCUT2D eigenvalue weighted by atomic mass is 10.0. The zero-order chi connectivity index (χ0) is 17.3. The summed E-state index contributed by atoms with van der Waals surface area (Å²) in [6.07, 6.45) is 3.48. The van der Waals surface area contributed by atoms with Gasteiger partial charge < -0.3 is 15.2 Å². The maximum Gasteiger partial charge on any atom is 0.407 e. The lowest BCUT2D eigenvalue weighted by molar-refractivity contribution is 0.0302. The van der Waals surface area contributed by atoms with Crippen molar-refractivity contribution in [2.75, 3.05) is 13.1 Å². The number of likely N-dealkylation sites (tertiary alicyclic amines) is 1. The molecule has 2 aliphatic rings. The van der Waals surface area contributed by atoms with Gasteiger partial charge >= 0.3 is 6.09 Å². The predicted molar refractivity (Wildman–Crippen MR) is 90.7 cm³/mol. The smallest absolute Gasteiger partial charge is 0.407 e. The van der Waals surface area contributed by atoms with Crippen molar-refractivity contribution in [1.29, 1.82) is 0 Å². The van der Waals surface area contributed by atoms with E-state index in [1.165, 1.54) is 0 Å². The first kappa shape index (κ1) is 17.2. The number of rotatable bonds is 2. The summed E-state index contributed by atoms with van der Waals surface area (Å²) in [5.74, 6) is 0. The van der Waals surface area contributed by atoms with Gasteiger partial charge in [0.05, 0.1) is 12.1 Å². The molecule has 0 bridgehead atoms. The number of aliphatic hydroxyl groups excluding tert-OH is 1. The Morgan fingerprint density at radius 1 is 1.46 bits per heavy atom. The number of hydrogen-bond acceptors (Lipinski definition) is 5. The van der Waals surface area contributed by atoms with Crippen LogP contribution in [0, 0.1) is 0 Å². The molecule has 1 aromatic heterocycles. The minimum atomic E-state index is -0.495. The van der Waals surface area contributed by atoms with Crippen LogP contribution in [0.1, 0.15) is 50.9 Å². The van der Waals surface area contributed by atoms with Crippen molar-refractivity contribution in [2.45, 2.75) is 63.8 Å². The van der Waals surface area contributed by atoms with Crippen LogP contribution in [0.15, 0.2) is 18.3 Å². The number of ether oxygens (including phenoxy) is 1. The van der Waals surface area contributed by atoms with Gasteiger partial charge in [-0.2, -0.15) is 0 Å². The number of carbonyl (C=O) groups excluding carboxylic acids is 1. The summed E-state index contributed by atoms with van der Waals surface area (Å²) in [6, 6.07) is 3.98. The van der Waals surface area contributed by atoms with Gasteiger partial charge in [-0.25, -0.2) is 4.79 Å².